The smallest absolute Gasteiger partial charge is 0.162 e. The van der Waals surface area contributed by atoms with E-state index in [0.717, 1.165) is 0 Å². The molecule has 3 radical (unpaired) electrons. The van der Waals surface area contributed by atoms with Gasteiger partial charge in [0, 0.05) is 7.74 Å². The minimum Gasteiger partial charge on any atom is -0.294 e. The molecular weight excluding hydrogens is 177 g/mol. The monoisotopic (exact) mass is 189 g/mol. The summed E-state index contributed by atoms with van der Waals surface area (Å²) in [5, 5.41) is 0. The molecule has 0 N–H and O–H groups in total. The number of aryl methyl sites for hydroxylation is 1. The zero-order chi connectivity index (χ0) is 11.1. The lowest BCUT2D eigenvalue weighted by molar-refractivity contribution is 0.101. The number of hydrogen-bond acceptors (Lipinski definition) is 1. The second kappa shape index (κ2) is 6.41. The Morgan fingerprint density at radius 2 is 2.00 bits per heavy atom. The Balaban J connectivity index is 0.000000500. The van der Waals surface area contributed by atoms with Crippen LogP contribution in [0.5, 0.6) is 0 Å². The maximum Gasteiger partial charge on any atom is 0.162 e. The third-order valence-corrected chi connectivity index (χ3v) is 1.57. The average Bonchev–Trinajstić information content (AvgIpc) is 2.10. The van der Waals surface area contributed by atoms with Gasteiger partial charge < -0.3 is 0 Å². The molecule has 4 heteroatoms. The molecule has 0 amide bonds. The number of halogens is 1. The van der Waals surface area contributed by atoms with Crippen LogP contribution in [-0.4, -0.2) is 20.7 Å². The first-order valence-electron chi connectivity index (χ1n) is 4.30. The Morgan fingerprint density at radius 3 is 2.36 bits per heavy atom. The molecule has 0 aliphatic carbocycles. The first kappa shape index (κ1) is 12.9. The fraction of sp³-hybridized carbons (Fsp3) is 0.300. The standard InChI is InChI=1S/C9H9FO.CH3B2/c1-6-4-3-5-8(7(2)11)9(6)10;1-3-2/h3-5H,1-2H3;1H3. The van der Waals surface area contributed by atoms with E-state index in [1.807, 2.05) is 0 Å². The highest BCUT2D eigenvalue weighted by Crippen LogP contribution is 2.11. The SMILES string of the molecule is CC(=O)c1cccc(C)c1F.[B][B]C. The molecule has 0 spiro atoms. The van der Waals surface area contributed by atoms with Gasteiger partial charge in [0.1, 0.15) is 5.82 Å². The number of Topliss-reactive ketones (excluding diaryl/α,β-unsaturated/α-hetero) is 1. The van der Waals surface area contributed by atoms with E-state index in [2.05, 4.69) is 0 Å². The first-order chi connectivity index (χ1) is 6.54. The Morgan fingerprint density at radius 1 is 1.50 bits per heavy atom. The van der Waals surface area contributed by atoms with Gasteiger partial charge >= 0.3 is 0 Å². The summed E-state index contributed by atoms with van der Waals surface area (Å²) in [7, 11) is 6.22. The van der Waals surface area contributed by atoms with E-state index in [1.54, 1.807) is 25.9 Å². The highest BCUT2D eigenvalue weighted by molar-refractivity contribution is 6.88. The van der Waals surface area contributed by atoms with E-state index >= 15 is 0 Å². The molecule has 0 heterocycles. The van der Waals surface area contributed by atoms with Gasteiger partial charge in [0.2, 0.25) is 0 Å². The van der Waals surface area contributed by atoms with Gasteiger partial charge in [-0.25, -0.2) is 4.39 Å². The van der Waals surface area contributed by atoms with Crippen molar-refractivity contribution < 1.29 is 9.18 Å². The minimum atomic E-state index is -0.403. The average molecular weight is 189 g/mol. The Bertz CT molecular complexity index is 313. The molecule has 0 aliphatic rings. The molecule has 71 valence electrons. The lowest BCUT2D eigenvalue weighted by Gasteiger charge is -1.99. The third kappa shape index (κ3) is 3.77. The van der Waals surface area contributed by atoms with Crippen molar-refractivity contribution in [2.75, 3.05) is 0 Å². The van der Waals surface area contributed by atoms with E-state index in [9.17, 15) is 9.18 Å². The van der Waals surface area contributed by atoms with Crippen molar-refractivity contribution in [3.8, 4) is 0 Å². The van der Waals surface area contributed by atoms with Crippen molar-refractivity contribution >= 4 is 20.7 Å². The second-order valence-corrected chi connectivity index (χ2v) is 2.83. The number of hydrogen-bond donors (Lipinski definition) is 0. The summed E-state index contributed by atoms with van der Waals surface area (Å²) >= 11 is 0. The van der Waals surface area contributed by atoms with Gasteiger partial charge in [-0.1, -0.05) is 12.1 Å². The molecule has 0 aromatic heterocycles. The van der Waals surface area contributed by atoms with Gasteiger partial charge in [0.05, 0.1) is 12.7 Å². The maximum absolute atomic E-state index is 13.0. The normalized spacial score (nSPS) is 8.57. The van der Waals surface area contributed by atoms with Crippen LogP contribution in [-0.2, 0) is 0 Å². The number of carbonyl (C=O) groups excluding carboxylic acids is 1. The van der Waals surface area contributed by atoms with Gasteiger partial charge in [-0.3, -0.25) is 4.79 Å². The summed E-state index contributed by atoms with van der Waals surface area (Å²) in [5.41, 5.74) is 0.683. The predicted molar refractivity (Wildman–Crippen MR) is 58.5 cm³/mol. The van der Waals surface area contributed by atoms with Crippen LogP contribution < -0.4 is 0 Å². The van der Waals surface area contributed by atoms with Crippen molar-refractivity contribution in [2.24, 2.45) is 0 Å². The topological polar surface area (TPSA) is 17.1 Å². The quantitative estimate of drug-likeness (QED) is 0.488. The Labute approximate surface area is 86.3 Å². The van der Waals surface area contributed by atoms with E-state index < -0.39 is 5.82 Å². The molecule has 0 unspecified atom stereocenters. The number of carbonyl (C=O) groups is 1. The maximum atomic E-state index is 13.0. The van der Waals surface area contributed by atoms with Crippen LogP contribution in [0.1, 0.15) is 22.8 Å². The molecule has 0 saturated heterocycles. The van der Waals surface area contributed by atoms with Gasteiger partial charge in [-0.15, -0.1) is 6.82 Å². The van der Waals surface area contributed by atoms with E-state index in [-0.39, 0.29) is 11.3 Å². The predicted octanol–water partition coefficient (Wildman–Crippen LogP) is 2.16. The molecule has 1 nitrogen and oxygen atoms in total. The van der Waals surface area contributed by atoms with Crippen molar-refractivity contribution in [1.82, 2.24) is 0 Å². The lowest BCUT2D eigenvalue weighted by Crippen LogP contribution is -1.98. The molecule has 14 heavy (non-hydrogen) atoms. The first-order valence-corrected chi connectivity index (χ1v) is 4.30. The Kier molecular flexibility index (Phi) is 5.93. The van der Waals surface area contributed by atoms with Crippen LogP contribution in [0, 0.1) is 12.7 Å². The van der Waals surface area contributed by atoms with Gasteiger partial charge in [-0.05, 0) is 25.5 Å². The van der Waals surface area contributed by atoms with Gasteiger partial charge in [-0.2, -0.15) is 0 Å². The van der Waals surface area contributed by atoms with E-state index in [1.165, 1.54) is 20.2 Å². The van der Waals surface area contributed by atoms with Crippen LogP contribution in [0.3, 0.4) is 0 Å². The zero-order valence-electron chi connectivity index (χ0n) is 8.67. The number of rotatable bonds is 1. The van der Waals surface area contributed by atoms with Crippen LogP contribution in [0.2, 0.25) is 6.82 Å². The van der Waals surface area contributed by atoms with Crippen LogP contribution >= 0.6 is 0 Å². The summed E-state index contributed by atoms with van der Waals surface area (Å²) in [4.78, 5) is 10.8. The fourth-order valence-corrected chi connectivity index (χ4v) is 0.919. The fourth-order valence-electron chi connectivity index (χ4n) is 0.919. The molecule has 0 fully saturated rings. The van der Waals surface area contributed by atoms with Crippen LogP contribution in [0.15, 0.2) is 18.2 Å². The Hall–Kier alpha value is -1.05. The molecule has 1 aromatic rings. The van der Waals surface area contributed by atoms with Crippen LogP contribution in [0.25, 0.3) is 0 Å². The van der Waals surface area contributed by atoms with E-state index in [0.29, 0.717) is 5.56 Å². The van der Waals surface area contributed by atoms with Crippen molar-refractivity contribution in [2.45, 2.75) is 20.7 Å². The summed E-state index contributed by atoms with van der Waals surface area (Å²) in [6.07, 6.45) is 0. The summed E-state index contributed by atoms with van der Waals surface area (Å²) in [5.74, 6) is -0.633. The number of ketones is 1. The number of benzene rings is 1. The zero-order valence-corrected chi connectivity index (χ0v) is 8.67. The summed E-state index contributed by atoms with van der Waals surface area (Å²) in [6.45, 7) is 4.78. The molecule has 0 bridgehead atoms. The highest BCUT2D eigenvalue weighted by Gasteiger charge is 2.07. The largest absolute Gasteiger partial charge is 0.294 e. The second-order valence-electron chi connectivity index (χ2n) is 2.83. The third-order valence-electron chi connectivity index (χ3n) is 1.57. The van der Waals surface area contributed by atoms with Crippen LogP contribution in [0.4, 0.5) is 4.39 Å². The van der Waals surface area contributed by atoms with Gasteiger partial charge in [0.15, 0.2) is 5.78 Å². The van der Waals surface area contributed by atoms with Crippen molar-refractivity contribution in [3.63, 3.8) is 0 Å². The molecule has 0 aliphatic heterocycles. The molecule has 0 atom stereocenters. The molecule has 1 aromatic carbocycles. The molecular formula is C10H12B2FO. The van der Waals surface area contributed by atoms with Crippen molar-refractivity contribution in [3.05, 3.63) is 35.1 Å². The van der Waals surface area contributed by atoms with E-state index in [4.69, 9.17) is 7.74 Å². The lowest BCUT2D eigenvalue weighted by atomic mass is 9.59. The molecule has 0 saturated carbocycles. The molecule has 1 rings (SSSR count). The minimum absolute atomic E-state index is 0.171. The highest BCUT2D eigenvalue weighted by atomic mass is 19.1. The van der Waals surface area contributed by atoms with Gasteiger partial charge in [0.25, 0.3) is 0 Å². The summed E-state index contributed by atoms with van der Waals surface area (Å²) in [6, 6.07) is 4.81. The van der Waals surface area contributed by atoms with Crippen molar-refractivity contribution in [1.29, 1.82) is 0 Å². The summed E-state index contributed by atoms with van der Waals surface area (Å²) < 4.78 is 13.0.